The van der Waals surface area contributed by atoms with E-state index in [-0.39, 0.29) is 17.3 Å². The van der Waals surface area contributed by atoms with Crippen LogP contribution in [0.3, 0.4) is 0 Å². The molecule has 3 aromatic carbocycles. The molecule has 0 saturated heterocycles. The minimum absolute atomic E-state index is 0.0603. The molecule has 0 fully saturated rings. The van der Waals surface area contributed by atoms with E-state index in [4.69, 9.17) is 4.74 Å². The Balaban J connectivity index is 2.03. The fourth-order valence-corrected chi connectivity index (χ4v) is 5.94. The Morgan fingerprint density at radius 1 is 0.951 bits per heavy atom. The molecule has 41 heavy (non-hydrogen) atoms. The van der Waals surface area contributed by atoms with Gasteiger partial charge in [-0.15, -0.1) is 11.8 Å². The molecule has 0 aromatic heterocycles. The van der Waals surface area contributed by atoms with E-state index in [0.717, 1.165) is 14.8 Å². The van der Waals surface area contributed by atoms with Gasteiger partial charge in [0.1, 0.15) is 18.3 Å². The predicted molar refractivity (Wildman–Crippen MR) is 165 cm³/mol. The number of rotatable bonds is 12. The number of thioether (sulfide) groups is 1. The van der Waals surface area contributed by atoms with Crippen LogP contribution in [0.2, 0.25) is 0 Å². The van der Waals surface area contributed by atoms with Crippen LogP contribution in [0.5, 0.6) is 5.75 Å². The molecular formula is C31H39N3O5S2. The molecule has 1 atom stereocenters. The highest BCUT2D eigenvalue weighted by Crippen LogP contribution is 2.28. The quantitative estimate of drug-likeness (QED) is 0.284. The lowest BCUT2D eigenvalue weighted by Gasteiger charge is -2.33. The van der Waals surface area contributed by atoms with Crippen LogP contribution in [0.15, 0.2) is 88.7 Å². The van der Waals surface area contributed by atoms with Crippen LogP contribution in [-0.4, -0.2) is 56.1 Å². The van der Waals surface area contributed by atoms with E-state index < -0.39 is 34.1 Å². The second kappa shape index (κ2) is 13.9. The number of carbonyl (C=O) groups excluding carboxylic acids is 2. The first kappa shape index (κ1) is 32.0. The summed E-state index contributed by atoms with van der Waals surface area (Å²) in [5.41, 5.74) is 0.620. The molecule has 0 aliphatic rings. The number of sulfonamides is 1. The number of nitrogens with zero attached hydrogens (tertiary/aromatic N) is 2. The molecular weight excluding hydrogens is 558 g/mol. The van der Waals surface area contributed by atoms with Gasteiger partial charge in [-0.1, -0.05) is 30.3 Å². The zero-order chi connectivity index (χ0) is 30.2. The third kappa shape index (κ3) is 8.74. The van der Waals surface area contributed by atoms with Gasteiger partial charge in [0.05, 0.1) is 17.2 Å². The Kier molecular flexibility index (Phi) is 10.9. The van der Waals surface area contributed by atoms with E-state index in [2.05, 4.69) is 5.32 Å². The maximum Gasteiger partial charge on any atom is 0.264 e. The first-order valence-corrected chi connectivity index (χ1v) is 16.1. The Morgan fingerprint density at radius 2 is 1.56 bits per heavy atom. The lowest BCUT2D eigenvalue weighted by molar-refractivity contribution is -0.140. The van der Waals surface area contributed by atoms with Crippen molar-refractivity contribution in [3.8, 4) is 5.75 Å². The van der Waals surface area contributed by atoms with Crippen LogP contribution in [0.4, 0.5) is 5.69 Å². The van der Waals surface area contributed by atoms with Crippen LogP contribution in [-0.2, 0) is 26.2 Å². The zero-order valence-electron chi connectivity index (χ0n) is 24.5. The van der Waals surface area contributed by atoms with Gasteiger partial charge in [-0.2, -0.15) is 0 Å². The topological polar surface area (TPSA) is 96.0 Å². The SMILES string of the molecule is CCOc1ccc(N(CC(=O)N(Cc2ccccc2)[C@@H](C)C(=O)NC(C)(C)C)S(=O)(=O)c2ccc(SC)cc2)cc1. The molecule has 3 rings (SSSR count). The Hall–Kier alpha value is -3.50. The molecule has 0 aliphatic carbocycles. The van der Waals surface area contributed by atoms with Crippen molar-refractivity contribution in [2.24, 2.45) is 0 Å². The lowest BCUT2D eigenvalue weighted by Crippen LogP contribution is -2.54. The number of anilines is 1. The second-order valence-corrected chi connectivity index (χ2v) is 13.3. The normalized spacial score (nSPS) is 12.3. The summed E-state index contributed by atoms with van der Waals surface area (Å²) in [6, 6.07) is 21.6. The first-order chi connectivity index (χ1) is 19.4. The Labute approximate surface area is 248 Å². The van der Waals surface area contributed by atoms with Gasteiger partial charge in [0.25, 0.3) is 10.0 Å². The second-order valence-electron chi connectivity index (χ2n) is 10.5. The number of nitrogens with one attached hydrogen (secondary N) is 1. The molecule has 1 N–H and O–H groups in total. The maximum absolute atomic E-state index is 14.0. The van der Waals surface area contributed by atoms with Crippen molar-refractivity contribution in [2.75, 3.05) is 23.7 Å². The largest absolute Gasteiger partial charge is 0.494 e. The molecule has 10 heteroatoms. The molecule has 0 saturated carbocycles. The van der Waals surface area contributed by atoms with Gasteiger partial charge in [-0.3, -0.25) is 13.9 Å². The molecule has 0 unspecified atom stereocenters. The number of carbonyl (C=O) groups is 2. The summed E-state index contributed by atoms with van der Waals surface area (Å²) in [4.78, 5) is 29.6. The lowest BCUT2D eigenvalue weighted by atomic mass is 10.1. The predicted octanol–water partition coefficient (Wildman–Crippen LogP) is 5.33. The zero-order valence-corrected chi connectivity index (χ0v) is 26.1. The maximum atomic E-state index is 14.0. The average molecular weight is 598 g/mol. The van der Waals surface area contributed by atoms with Gasteiger partial charge in [-0.25, -0.2) is 8.42 Å². The van der Waals surface area contributed by atoms with Crippen LogP contribution >= 0.6 is 11.8 Å². The minimum atomic E-state index is -4.15. The van der Waals surface area contributed by atoms with Gasteiger partial charge in [0.15, 0.2) is 0 Å². The van der Waals surface area contributed by atoms with Crippen LogP contribution in [0.1, 0.15) is 40.2 Å². The highest BCUT2D eigenvalue weighted by atomic mass is 32.2. The monoisotopic (exact) mass is 597 g/mol. The van der Waals surface area contributed by atoms with Gasteiger partial charge < -0.3 is 15.0 Å². The van der Waals surface area contributed by atoms with Crippen molar-refractivity contribution in [1.82, 2.24) is 10.2 Å². The third-order valence-corrected chi connectivity index (χ3v) is 8.75. The molecule has 0 radical (unpaired) electrons. The third-order valence-electron chi connectivity index (χ3n) is 6.22. The van der Waals surface area contributed by atoms with Crippen molar-refractivity contribution in [2.45, 2.75) is 62.5 Å². The average Bonchev–Trinajstić information content (AvgIpc) is 2.94. The molecule has 220 valence electrons. The molecule has 3 aromatic rings. The number of hydrogen-bond donors (Lipinski definition) is 1. The molecule has 0 spiro atoms. The highest BCUT2D eigenvalue weighted by Gasteiger charge is 2.33. The first-order valence-electron chi connectivity index (χ1n) is 13.4. The Morgan fingerprint density at radius 3 is 2.10 bits per heavy atom. The highest BCUT2D eigenvalue weighted by molar-refractivity contribution is 7.98. The van der Waals surface area contributed by atoms with E-state index >= 15 is 0 Å². The molecule has 8 nitrogen and oxygen atoms in total. The van der Waals surface area contributed by atoms with Crippen LogP contribution < -0.4 is 14.4 Å². The van der Waals surface area contributed by atoms with Crippen molar-refractivity contribution in [3.05, 3.63) is 84.4 Å². The summed E-state index contributed by atoms with van der Waals surface area (Å²) in [6.07, 6.45) is 1.91. The smallest absolute Gasteiger partial charge is 0.264 e. The van der Waals surface area contributed by atoms with E-state index in [1.807, 2.05) is 64.3 Å². The minimum Gasteiger partial charge on any atom is -0.494 e. The van der Waals surface area contributed by atoms with Crippen molar-refractivity contribution < 1.29 is 22.7 Å². The summed E-state index contributed by atoms with van der Waals surface area (Å²) < 4.78 is 34.6. The fraction of sp³-hybridized carbons (Fsp3) is 0.355. The van der Waals surface area contributed by atoms with E-state index in [1.54, 1.807) is 43.3 Å². The van der Waals surface area contributed by atoms with Crippen molar-refractivity contribution in [3.63, 3.8) is 0 Å². The van der Waals surface area contributed by atoms with E-state index in [9.17, 15) is 18.0 Å². The summed E-state index contributed by atoms with van der Waals surface area (Å²) in [5.74, 6) is -0.254. The standard InChI is InChI=1S/C31H39N3O5S2/c1-7-39-26-15-13-25(14-16-26)34(41(37,38)28-19-17-27(40-6)18-20-28)22-29(35)33(21-24-11-9-8-10-12-24)23(2)30(36)32-31(3,4)5/h8-20,23H,7,21-22H2,1-6H3,(H,32,36)/t23-/m0/s1. The van der Waals surface area contributed by atoms with Gasteiger partial charge >= 0.3 is 0 Å². The summed E-state index contributed by atoms with van der Waals surface area (Å²) >= 11 is 1.50. The summed E-state index contributed by atoms with van der Waals surface area (Å²) in [5, 5.41) is 2.93. The molecule has 2 amide bonds. The van der Waals surface area contributed by atoms with E-state index in [0.29, 0.717) is 18.0 Å². The van der Waals surface area contributed by atoms with Crippen molar-refractivity contribution >= 4 is 39.3 Å². The number of ether oxygens (including phenoxy) is 1. The fourth-order valence-electron chi connectivity index (χ4n) is 4.12. The molecule has 0 aliphatic heterocycles. The molecule has 0 heterocycles. The molecule has 0 bridgehead atoms. The number of benzene rings is 3. The van der Waals surface area contributed by atoms with Crippen molar-refractivity contribution in [1.29, 1.82) is 0 Å². The van der Waals surface area contributed by atoms with Crippen LogP contribution in [0, 0.1) is 0 Å². The Bertz CT molecular complexity index is 1400. The van der Waals surface area contributed by atoms with Gasteiger partial charge in [0, 0.05) is 17.0 Å². The summed E-state index contributed by atoms with van der Waals surface area (Å²) in [7, 11) is -4.15. The van der Waals surface area contributed by atoms with Gasteiger partial charge in [-0.05, 0) is 95.0 Å². The number of hydrogen-bond acceptors (Lipinski definition) is 6. The van der Waals surface area contributed by atoms with E-state index in [1.165, 1.54) is 28.8 Å². The number of amides is 2. The van der Waals surface area contributed by atoms with Crippen LogP contribution in [0.25, 0.3) is 0 Å². The van der Waals surface area contributed by atoms with Gasteiger partial charge in [0.2, 0.25) is 11.8 Å². The summed E-state index contributed by atoms with van der Waals surface area (Å²) in [6.45, 7) is 9.21.